The number of fused-ring (bicyclic) bond motifs is 9. The van der Waals surface area contributed by atoms with E-state index in [0.717, 1.165) is 77.6 Å². The number of furan rings is 2. The summed E-state index contributed by atoms with van der Waals surface area (Å²) in [6.45, 7) is 0. The molecule has 0 aliphatic carbocycles. The van der Waals surface area contributed by atoms with Crippen LogP contribution in [0.3, 0.4) is 0 Å². The fourth-order valence-corrected chi connectivity index (χ4v) is 9.82. The van der Waals surface area contributed by atoms with Crippen LogP contribution in [0.1, 0.15) is 0 Å². The molecule has 0 radical (unpaired) electrons. The lowest BCUT2D eigenvalue weighted by Crippen LogP contribution is -2.10. The molecular formula is C54H33NO2S. The molecule has 3 aromatic heterocycles. The van der Waals surface area contributed by atoms with Gasteiger partial charge in [-0.2, -0.15) is 0 Å². The molecule has 272 valence electrons. The summed E-state index contributed by atoms with van der Waals surface area (Å²) in [4.78, 5) is 2.29. The molecule has 3 heterocycles. The van der Waals surface area contributed by atoms with Gasteiger partial charge in [0.2, 0.25) is 0 Å². The van der Waals surface area contributed by atoms with Gasteiger partial charge in [0.1, 0.15) is 16.7 Å². The number of benzene rings is 9. The molecule has 12 rings (SSSR count). The van der Waals surface area contributed by atoms with Crippen molar-refractivity contribution in [3.05, 3.63) is 200 Å². The van der Waals surface area contributed by atoms with Crippen LogP contribution in [0, 0.1) is 0 Å². The van der Waals surface area contributed by atoms with Crippen LogP contribution in [-0.2, 0) is 0 Å². The highest BCUT2D eigenvalue weighted by Gasteiger charge is 2.22. The number of nitrogens with zero attached hydrogens (tertiary/aromatic N) is 1. The first-order valence-electron chi connectivity index (χ1n) is 19.6. The second-order valence-corrected chi connectivity index (χ2v) is 15.9. The highest BCUT2D eigenvalue weighted by atomic mass is 32.1. The van der Waals surface area contributed by atoms with E-state index < -0.39 is 0 Å². The van der Waals surface area contributed by atoms with Gasteiger partial charge in [0.15, 0.2) is 5.58 Å². The molecule has 0 saturated carbocycles. The van der Waals surface area contributed by atoms with Gasteiger partial charge in [-0.1, -0.05) is 146 Å². The monoisotopic (exact) mass is 759 g/mol. The molecular weight excluding hydrogens is 727 g/mol. The number of thiophene rings is 1. The normalized spacial score (nSPS) is 11.8. The first kappa shape index (κ1) is 32.8. The number of anilines is 3. The molecule has 0 amide bonds. The average Bonchev–Trinajstić information content (AvgIpc) is 3.98. The van der Waals surface area contributed by atoms with Gasteiger partial charge in [0, 0.05) is 59.0 Å². The van der Waals surface area contributed by atoms with E-state index in [1.54, 1.807) is 0 Å². The second kappa shape index (κ2) is 13.1. The van der Waals surface area contributed by atoms with E-state index in [4.69, 9.17) is 8.83 Å². The smallest absolute Gasteiger partial charge is 0.159 e. The minimum atomic E-state index is 0.832. The van der Waals surface area contributed by atoms with Crippen molar-refractivity contribution in [2.45, 2.75) is 0 Å². The van der Waals surface area contributed by atoms with Gasteiger partial charge in [-0.15, -0.1) is 11.3 Å². The predicted octanol–water partition coefficient (Wildman–Crippen LogP) is 16.3. The van der Waals surface area contributed by atoms with Gasteiger partial charge >= 0.3 is 0 Å². The van der Waals surface area contributed by atoms with Crippen molar-refractivity contribution < 1.29 is 8.83 Å². The highest BCUT2D eigenvalue weighted by molar-refractivity contribution is 7.25. The maximum Gasteiger partial charge on any atom is 0.159 e. The summed E-state index contributed by atoms with van der Waals surface area (Å²) in [6.07, 6.45) is 0. The van der Waals surface area contributed by atoms with Crippen LogP contribution < -0.4 is 4.90 Å². The Kier molecular flexibility index (Phi) is 7.40. The maximum absolute atomic E-state index is 6.94. The summed E-state index contributed by atoms with van der Waals surface area (Å²) in [5.41, 5.74) is 13.3. The first-order chi connectivity index (χ1) is 28.7. The Morgan fingerprint density at radius 1 is 0.328 bits per heavy atom. The van der Waals surface area contributed by atoms with Gasteiger partial charge in [-0.3, -0.25) is 0 Å². The second-order valence-electron chi connectivity index (χ2n) is 14.9. The fourth-order valence-electron chi connectivity index (χ4n) is 8.67. The van der Waals surface area contributed by atoms with E-state index in [9.17, 15) is 0 Å². The minimum Gasteiger partial charge on any atom is -0.456 e. The number of hydrogen-bond acceptors (Lipinski definition) is 4. The molecule has 4 heteroatoms. The van der Waals surface area contributed by atoms with E-state index in [-0.39, 0.29) is 0 Å². The third-order valence-electron chi connectivity index (χ3n) is 11.5. The molecule has 0 aliphatic rings. The van der Waals surface area contributed by atoms with Crippen molar-refractivity contribution in [1.29, 1.82) is 0 Å². The lowest BCUT2D eigenvalue weighted by molar-refractivity contribution is 0.668. The van der Waals surface area contributed by atoms with Gasteiger partial charge < -0.3 is 13.7 Å². The van der Waals surface area contributed by atoms with E-state index in [2.05, 4.69) is 187 Å². The SMILES string of the molecule is c1ccc(-c2cccc3c2oc2c(N(c4ccc(-c5ccc(-c6ccc7c(c6)sc6ccccc67)cc5)cc4)c4ccc5c(c4)oc4ccccc45)cccc23)cc1. The molecule has 0 fully saturated rings. The first-order valence-corrected chi connectivity index (χ1v) is 20.4. The Balaban J connectivity index is 0.957. The van der Waals surface area contributed by atoms with Crippen molar-refractivity contribution in [3.63, 3.8) is 0 Å². The third kappa shape index (κ3) is 5.27. The molecule has 12 aromatic rings. The molecule has 0 spiro atoms. The quantitative estimate of drug-likeness (QED) is 0.169. The van der Waals surface area contributed by atoms with Crippen molar-refractivity contribution in [3.8, 4) is 33.4 Å². The summed E-state index contributed by atoms with van der Waals surface area (Å²) in [5.74, 6) is 0. The van der Waals surface area contributed by atoms with Gasteiger partial charge in [-0.25, -0.2) is 0 Å². The predicted molar refractivity (Wildman–Crippen MR) is 245 cm³/mol. The Labute approximate surface area is 338 Å². The number of hydrogen-bond donors (Lipinski definition) is 0. The van der Waals surface area contributed by atoms with E-state index in [1.807, 2.05) is 29.5 Å². The summed E-state index contributed by atoms with van der Waals surface area (Å²) >= 11 is 1.86. The topological polar surface area (TPSA) is 29.5 Å². The molecule has 0 unspecified atom stereocenters. The van der Waals surface area contributed by atoms with Crippen LogP contribution in [0.4, 0.5) is 17.1 Å². The molecule has 9 aromatic carbocycles. The van der Waals surface area contributed by atoms with Crippen molar-refractivity contribution >= 4 is 92.4 Å². The maximum atomic E-state index is 6.94. The summed E-state index contributed by atoms with van der Waals surface area (Å²) < 4.78 is 16.0. The Bertz CT molecular complexity index is 3500. The van der Waals surface area contributed by atoms with E-state index in [0.29, 0.717) is 0 Å². The highest BCUT2D eigenvalue weighted by Crippen LogP contribution is 2.45. The molecule has 3 nitrogen and oxygen atoms in total. The zero-order valence-electron chi connectivity index (χ0n) is 31.2. The van der Waals surface area contributed by atoms with Gasteiger partial charge in [0.05, 0.1) is 11.4 Å². The van der Waals surface area contributed by atoms with Gasteiger partial charge in [-0.05, 0) is 76.3 Å². The molecule has 0 bridgehead atoms. The largest absolute Gasteiger partial charge is 0.456 e. The lowest BCUT2D eigenvalue weighted by Gasteiger charge is -2.25. The lowest BCUT2D eigenvalue weighted by atomic mass is 9.99. The Morgan fingerprint density at radius 2 is 0.914 bits per heavy atom. The summed E-state index contributed by atoms with van der Waals surface area (Å²) in [5, 5.41) is 7.02. The summed E-state index contributed by atoms with van der Waals surface area (Å²) in [6, 6.07) is 71.3. The zero-order chi connectivity index (χ0) is 38.2. The number of para-hydroxylation sites is 3. The molecule has 0 atom stereocenters. The standard InChI is InChI=1S/C54H33NO2S/c1-2-10-37(11-3-1)41-14-8-15-46-47-16-9-17-48(54(47)57-53(41)46)55(40-29-31-43-42-12-4-6-18-49(42)56-50(43)33-40)39-27-24-35(25-28-39)34-20-22-36(23-21-34)38-26-30-45-44-13-5-7-19-51(44)58-52(45)32-38/h1-33H. The van der Waals surface area contributed by atoms with Crippen LogP contribution in [0.5, 0.6) is 0 Å². The van der Waals surface area contributed by atoms with Crippen LogP contribution in [0.2, 0.25) is 0 Å². The van der Waals surface area contributed by atoms with Crippen LogP contribution in [0.25, 0.3) is 97.4 Å². The minimum absolute atomic E-state index is 0.832. The Hall–Kier alpha value is -7.40. The Morgan fingerprint density at radius 3 is 1.74 bits per heavy atom. The van der Waals surface area contributed by atoms with Gasteiger partial charge in [0.25, 0.3) is 0 Å². The number of rotatable bonds is 6. The molecule has 0 aliphatic heterocycles. The van der Waals surface area contributed by atoms with E-state index in [1.165, 1.54) is 36.9 Å². The van der Waals surface area contributed by atoms with E-state index >= 15 is 0 Å². The molecule has 0 N–H and O–H groups in total. The zero-order valence-corrected chi connectivity index (χ0v) is 32.0. The summed E-state index contributed by atoms with van der Waals surface area (Å²) in [7, 11) is 0. The average molecular weight is 760 g/mol. The van der Waals surface area contributed by atoms with Crippen molar-refractivity contribution in [2.24, 2.45) is 0 Å². The molecule has 0 saturated heterocycles. The van der Waals surface area contributed by atoms with Crippen molar-refractivity contribution in [2.75, 3.05) is 4.90 Å². The van der Waals surface area contributed by atoms with Crippen LogP contribution >= 0.6 is 11.3 Å². The van der Waals surface area contributed by atoms with Crippen LogP contribution in [0.15, 0.2) is 209 Å². The van der Waals surface area contributed by atoms with Crippen molar-refractivity contribution in [1.82, 2.24) is 0 Å². The fraction of sp³-hybridized carbons (Fsp3) is 0. The molecule has 58 heavy (non-hydrogen) atoms. The van der Waals surface area contributed by atoms with Crippen LogP contribution in [-0.4, -0.2) is 0 Å². The third-order valence-corrected chi connectivity index (χ3v) is 12.6.